The maximum absolute atomic E-state index is 9.27. The van der Waals surface area contributed by atoms with Crippen molar-refractivity contribution >= 4 is 0 Å². The van der Waals surface area contributed by atoms with Gasteiger partial charge in [0, 0.05) is 12.5 Å². The zero-order valence-electron chi connectivity index (χ0n) is 16.0. The summed E-state index contributed by atoms with van der Waals surface area (Å²) >= 11 is 0. The van der Waals surface area contributed by atoms with Gasteiger partial charge >= 0.3 is 0 Å². The summed E-state index contributed by atoms with van der Waals surface area (Å²) < 4.78 is 11.2. The highest BCUT2D eigenvalue weighted by atomic mass is 16.5. The van der Waals surface area contributed by atoms with Crippen LogP contribution in [0.4, 0.5) is 0 Å². The first-order chi connectivity index (χ1) is 11.2. The molecule has 3 nitrogen and oxygen atoms in total. The lowest BCUT2D eigenvalue weighted by Crippen LogP contribution is -2.22. The van der Waals surface area contributed by atoms with Crippen LogP contribution in [-0.4, -0.2) is 37.6 Å². The number of aliphatic hydroxyl groups is 1. The Bertz CT molecular complexity index is 219. The fraction of sp³-hybridized carbons (Fsp3) is 1.00. The molecule has 0 aromatic carbocycles. The second kappa shape index (κ2) is 18.2. The maximum Gasteiger partial charge on any atom is 0.0541 e. The second-order valence-corrected chi connectivity index (χ2v) is 7.04. The molecule has 0 aromatic rings. The molecular formula is C20H42O3. The average Bonchev–Trinajstić information content (AvgIpc) is 2.54. The zero-order valence-corrected chi connectivity index (χ0v) is 16.0. The summed E-state index contributed by atoms with van der Waals surface area (Å²) in [6.07, 6.45) is 15.1. The predicted molar refractivity (Wildman–Crippen MR) is 98.9 cm³/mol. The largest absolute Gasteiger partial charge is 0.396 e. The molecule has 140 valence electrons. The maximum atomic E-state index is 9.27. The van der Waals surface area contributed by atoms with Gasteiger partial charge in [-0.15, -0.1) is 0 Å². The highest BCUT2D eigenvalue weighted by molar-refractivity contribution is 4.56. The Hall–Kier alpha value is -0.120. The molecule has 0 radical (unpaired) electrons. The molecule has 1 N–H and O–H groups in total. The number of hydrogen-bond acceptors (Lipinski definition) is 3. The van der Waals surface area contributed by atoms with E-state index in [9.17, 15) is 5.11 Å². The second-order valence-electron chi connectivity index (χ2n) is 7.04. The molecule has 3 heteroatoms. The van der Waals surface area contributed by atoms with Crippen molar-refractivity contribution in [3.8, 4) is 0 Å². The molecule has 0 aromatic heterocycles. The van der Waals surface area contributed by atoms with E-state index in [1.54, 1.807) is 0 Å². The van der Waals surface area contributed by atoms with Crippen molar-refractivity contribution in [1.82, 2.24) is 0 Å². The van der Waals surface area contributed by atoms with E-state index in [1.807, 2.05) is 13.8 Å². The van der Waals surface area contributed by atoms with Crippen molar-refractivity contribution < 1.29 is 14.6 Å². The van der Waals surface area contributed by atoms with Gasteiger partial charge in [0.05, 0.1) is 25.9 Å². The van der Waals surface area contributed by atoms with Gasteiger partial charge in [-0.1, -0.05) is 71.1 Å². The van der Waals surface area contributed by atoms with E-state index in [4.69, 9.17) is 9.47 Å². The summed E-state index contributed by atoms with van der Waals surface area (Å²) in [6, 6.07) is 0. The summed E-state index contributed by atoms with van der Waals surface area (Å²) in [5.41, 5.74) is 0. The fourth-order valence-electron chi connectivity index (χ4n) is 2.60. The zero-order chi connectivity index (χ0) is 17.2. The number of unbranched alkanes of at least 4 members (excludes halogenated alkanes) is 10. The van der Waals surface area contributed by atoms with Crippen molar-refractivity contribution in [2.75, 3.05) is 26.4 Å². The molecule has 1 unspecified atom stereocenters. The number of ether oxygens (including phenoxy) is 2. The molecule has 0 heterocycles. The van der Waals surface area contributed by atoms with E-state index in [2.05, 4.69) is 6.92 Å². The number of hydrogen-bond donors (Lipinski definition) is 1. The van der Waals surface area contributed by atoms with Gasteiger partial charge in [-0.3, -0.25) is 0 Å². The van der Waals surface area contributed by atoms with Gasteiger partial charge in [-0.25, -0.2) is 0 Å². The topological polar surface area (TPSA) is 38.7 Å². The monoisotopic (exact) mass is 330 g/mol. The Morgan fingerprint density at radius 3 is 1.74 bits per heavy atom. The van der Waals surface area contributed by atoms with Gasteiger partial charge < -0.3 is 14.6 Å². The van der Waals surface area contributed by atoms with Crippen LogP contribution in [-0.2, 0) is 9.47 Å². The highest BCUT2D eigenvalue weighted by Gasteiger charge is 2.08. The highest BCUT2D eigenvalue weighted by Crippen LogP contribution is 2.11. The summed E-state index contributed by atoms with van der Waals surface area (Å²) in [5, 5.41) is 9.27. The van der Waals surface area contributed by atoms with E-state index in [0.29, 0.717) is 13.2 Å². The molecule has 0 spiro atoms. The lowest BCUT2D eigenvalue weighted by molar-refractivity contribution is -0.00536. The molecule has 0 bridgehead atoms. The van der Waals surface area contributed by atoms with Crippen LogP contribution in [0.25, 0.3) is 0 Å². The van der Waals surface area contributed by atoms with Gasteiger partial charge in [0.1, 0.15) is 0 Å². The number of aliphatic hydroxyl groups excluding tert-OH is 1. The quantitative estimate of drug-likeness (QED) is 0.344. The third-order valence-corrected chi connectivity index (χ3v) is 4.17. The van der Waals surface area contributed by atoms with Gasteiger partial charge in [0.25, 0.3) is 0 Å². The van der Waals surface area contributed by atoms with Crippen molar-refractivity contribution in [1.29, 1.82) is 0 Å². The Balaban J connectivity index is 3.20. The minimum atomic E-state index is 0.116. The lowest BCUT2D eigenvalue weighted by Gasteiger charge is -2.16. The fourth-order valence-corrected chi connectivity index (χ4v) is 2.60. The van der Waals surface area contributed by atoms with E-state index in [0.717, 1.165) is 13.0 Å². The molecule has 0 saturated carbocycles. The molecule has 0 rings (SSSR count). The van der Waals surface area contributed by atoms with Crippen LogP contribution in [0.2, 0.25) is 0 Å². The third-order valence-electron chi connectivity index (χ3n) is 4.17. The lowest BCUT2D eigenvalue weighted by atomic mass is 10.1. The van der Waals surface area contributed by atoms with Crippen LogP contribution in [0.3, 0.4) is 0 Å². The Labute approximate surface area is 145 Å². The molecule has 23 heavy (non-hydrogen) atoms. The van der Waals surface area contributed by atoms with Crippen LogP contribution in [0.15, 0.2) is 0 Å². The van der Waals surface area contributed by atoms with E-state index < -0.39 is 0 Å². The minimum absolute atomic E-state index is 0.116. The minimum Gasteiger partial charge on any atom is -0.396 e. The smallest absolute Gasteiger partial charge is 0.0541 e. The predicted octanol–water partition coefficient (Wildman–Crippen LogP) is 5.35. The Kier molecular flexibility index (Phi) is 18.1. The summed E-state index contributed by atoms with van der Waals surface area (Å²) in [5.74, 6) is 0.116. The van der Waals surface area contributed by atoms with Crippen LogP contribution in [0.1, 0.15) is 91.4 Å². The molecule has 0 aliphatic heterocycles. The Morgan fingerprint density at radius 1 is 0.739 bits per heavy atom. The van der Waals surface area contributed by atoms with Crippen molar-refractivity contribution in [2.45, 2.75) is 97.5 Å². The third kappa shape index (κ3) is 18.1. The summed E-state index contributed by atoms with van der Waals surface area (Å²) in [7, 11) is 0. The van der Waals surface area contributed by atoms with Crippen LogP contribution >= 0.6 is 0 Å². The summed E-state index contributed by atoms with van der Waals surface area (Å²) in [6.45, 7) is 8.46. The van der Waals surface area contributed by atoms with Gasteiger partial charge in [0.2, 0.25) is 0 Å². The van der Waals surface area contributed by atoms with E-state index in [1.165, 1.54) is 64.2 Å². The molecule has 0 aliphatic rings. The number of rotatable bonds is 18. The molecule has 0 fully saturated rings. The first-order valence-electron chi connectivity index (χ1n) is 10.0. The van der Waals surface area contributed by atoms with Gasteiger partial charge in [-0.2, -0.15) is 0 Å². The van der Waals surface area contributed by atoms with Crippen molar-refractivity contribution in [3.63, 3.8) is 0 Å². The standard InChI is InChI=1S/C20H42O3/c1-4-5-6-7-8-9-10-11-12-13-14-15-22-17-20(16-21)18-23-19(2)3/h19-21H,4-18H2,1-3H3. The molecule has 1 atom stereocenters. The van der Waals surface area contributed by atoms with Crippen molar-refractivity contribution in [2.24, 2.45) is 5.92 Å². The summed E-state index contributed by atoms with van der Waals surface area (Å²) in [4.78, 5) is 0. The molecule has 0 amide bonds. The first kappa shape index (κ1) is 22.9. The van der Waals surface area contributed by atoms with Crippen LogP contribution < -0.4 is 0 Å². The average molecular weight is 331 g/mol. The van der Waals surface area contributed by atoms with E-state index in [-0.39, 0.29) is 18.6 Å². The van der Waals surface area contributed by atoms with E-state index >= 15 is 0 Å². The first-order valence-corrected chi connectivity index (χ1v) is 10.0. The van der Waals surface area contributed by atoms with Gasteiger partial charge in [0.15, 0.2) is 0 Å². The Morgan fingerprint density at radius 2 is 1.26 bits per heavy atom. The van der Waals surface area contributed by atoms with Crippen LogP contribution in [0.5, 0.6) is 0 Å². The normalized spacial score (nSPS) is 12.9. The molecule has 0 aliphatic carbocycles. The van der Waals surface area contributed by atoms with Crippen molar-refractivity contribution in [3.05, 3.63) is 0 Å². The van der Waals surface area contributed by atoms with Gasteiger partial charge in [-0.05, 0) is 20.3 Å². The molecule has 0 saturated heterocycles. The van der Waals surface area contributed by atoms with Crippen LogP contribution in [0, 0.1) is 5.92 Å². The molecular weight excluding hydrogens is 288 g/mol. The SMILES string of the molecule is CCCCCCCCCCCCCOCC(CO)COC(C)C.